The molecule has 0 aromatic heterocycles. The summed E-state index contributed by atoms with van der Waals surface area (Å²) in [6.07, 6.45) is 0. The van der Waals surface area contributed by atoms with Gasteiger partial charge >= 0.3 is 0 Å². The molecule has 20 heavy (non-hydrogen) atoms. The molecular weight excluding hydrogens is 304 g/mol. The van der Waals surface area contributed by atoms with Crippen molar-refractivity contribution in [3.8, 4) is 0 Å². The second-order valence-corrected chi connectivity index (χ2v) is 4.60. The first-order chi connectivity index (χ1) is 9.50. The summed E-state index contributed by atoms with van der Waals surface area (Å²) < 4.78 is 13.5. The number of nitrogens with one attached hydrogen (secondary N) is 1. The first-order valence-corrected chi connectivity index (χ1v) is 6.30. The van der Waals surface area contributed by atoms with Crippen LogP contribution in [0.25, 0.3) is 0 Å². The topological polar surface area (TPSA) is 46.2 Å². The molecule has 2 aromatic rings. The highest BCUT2D eigenvalue weighted by Crippen LogP contribution is 2.27. The molecule has 0 aliphatic carbocycles. The van der Waals surface area contributed by atoms with Gasteiger partial charge in [-0.3, -0.25) is 9.59 Å². The maximum Gasteiger partial charge on any atom is 0.258 e. The second kappa shape index (κ2) is 6.03. The van der Waals surface area contributed by atoms with E-state index >= 15 is 0 Å². The molecule has 0 aliphatic rings. The summed E-state index contributed by atoms with van der Waals surface area (Å²) in [5.74, 6) is -1.31. The number of amides is 1. The van der Waals surface area contributed by atoms with Gasteiger partial charge in [0.25, 0.3) is 11.1 Å². The van der Waals surface area contributed by atoms with E-state index in [0.29, 0.717) is 0 Å². The minimum atomic E-state index is -0.739. The molecule has 0 saturated heterocycles. The van der Waals surface area contributed by atoms with Crippen molar-refractivity contribution >= 4 is 40.0 Å². The van der Waals surface area contributed by atoms with Crippen molar-refractivity contribution in [3.63, 3.8) is 0 Å². The van der Waals surface area contributed by atoms with Crippen LogP contribution in [0.2, 0.25) is 5.02 Å². The van der Waals surface area contributed by atoms with Gasteiger partial charge in [0.2, 0.25) is 0 Å². The smallest absolute Gasteiger partial charge is 0.258 e. The SMILES string of the molecule is O=C(Nc1cccc(C(=O)Cl)c1Cl)c1ccccc1F. The summed E-state index contributed by atoms with van der Waals surface area (Å²) in [6.45, 7) is 0. The number of benzene rings is 2. The van der Waals surface area contributed by atoms with Crippen molar-refractivity contribution in [1.29, 1.82) is 0 Å². The lowest BCUT2D eigenvalue weighted by atomic mass is 10.1. The quantitative estimate of drug-likeness (QED) is 0.867. The van der Waals surface area contributed by atoms with E-state index in [1.54, 1.807) is 0 Å². The van der Waals surface area contributed by atoms with Crippen LogP contribution in [0.15, 0.2) is 42.5 Å². The van der Waals surface area contributed by atoms with Crippen molar-refractivity contribution in [2.75, 3.05) is 5.32 Å². The van der Waals surface area contributed by atoms with E-state index in [4.69, 9.17) is 23.2 Å². The Kier molecular flexibility index (Phi) is 4.37. The molecule has 0 heterocycles. The normalized spacial score (nSPS) is 10.2. The summed E-state index contributed by atoms with van der Waals surface area (Å²) in [5.41, 5.74) is 0.136. The Labute approximate surface area is 124 Å². The molecular formula is C14H8Cl2FNO2. The van der Waals surface area contributed by atoms with Crippen molar-refractivity contribution in [2.24, 2.45) is 0 Å². The number of rotatable bonds is 3. The van der Waals surface area contributed by atoms with Gasteiger partial charge < -0.3 is 5.32 Å². The molecule has 0 radical (unpaired) electrons. The van der Waals surface area contributed by atoms with Crippen LogP contribution in [0, 0.1) is 5.82 Å². The van der Waals surface area contributed by atoms with Crippen molar-refractivity contribution in [3.05, 3.63) is 64.4 Å². The van der Waals surface area contributed by atoms with Gasteiger partial charge in [0, 0.05) is 0 Å². The number of anilines is 1. The zero-order valence-corrected chi connectivity index (χ0v) is 11.5. The fraction of sp³-hybridized carbons (Fsp3) is 0. The predicted molar refractivity (Wildman–Crippen MR) is 76.0 cm³/mol. The minimum Gasteiger partial charge on any atom is -0.321 e. The van der Waals surface area contributed by atoms with Gasteiger partial charge in [0.1, 0.15) is 5.82 Å². The lowest BCUT2D eigenvalue weighted by molar-refractivity contribution is 0.102. The van der Waals surface area contributed by atoms with E-state index in [2.05, 4.69) is 5.32 Å². The van der Waals surface area contributed by atoms with Gasteiger partial charge in [-0.1, -0.05) is 29.8 Å². The second-order valence-electron chi connectivity index (χ2n) is 3.87. The molecule has 0 bridgehead atoms. The van der Waals surface area contributed by atoms with Crippen LogP contribution in [0.1, 0.15) is 20.7 Å². The molecule has 0 atom stereocenters. The number of hydrogen-bond donors (Lipinski definition) is 1. The number of hydrogen-bond acceptors (Lipinski definition) is 2. The molecule has 1 amide bonds. The number of carbonyl (C=O) groups is 2. The Hall–Kier alpha value is -1.91. The van der Waals surface area contributed by atoms with Gasteiger partial charge in [0.15, 0.2) is 0 Å². The summed E-state index contributed by atoms with van der Waals surface area (Å²) in [7, 11) is 0. The molecule has 2 aromatic carbocycles. The molecule has 6 heteroatoms. The average Bonchev–Trinajstić information content (AvgIpc) is 2.41. The third-order valence-corrected chi connectivity index (χ3v) is 3.19. The Morgan fingerprint density at radius 2 is 1.65 bits per heavy atom. The molecule has 0 fully saturated rings. The minimum absolute atomic E-state index is 0.0113. The molecule has 3 nitrogen and oxygen atoms in total. The van der Waals surface area contributed by atoms with Gasteiger partial charge in [-0.25, -0.2) is 4.39 Å². The van der Waals surface area contributed by atoms with E-state index in [0.717, 1.165) is 0 Å². The first kappa shape index (κ1) is 14.5. The lowest BCUT2D eigenvalue weighted by Crippen LogP contribution is -2.14. The van der Waals surface area contributed by atoms with Gasteiger partial charge in [0.05, 0.1) is 21.8 Å². The molecule has 0 spiro atoms. The molecule has 0 unspecified atom stereocenters. The Balaban J connectivity index is 2.32. The fourth-order valence-electron chi connectivity index (χ4n) is 1.62. The highest BCUT2D eigenvalue weighted by Gasteiger charge is 2.15. The van der Waals surface area contributed by atoms with Crippen LogP contribution in [0.5, 0.6) is 0 Å². The fourth-order valence-corrected chi connectivity index (χ4v) is 2.08. The van der Waals surface area contributed by atoms with Crippen LogP contribution in [-0.2, 0) is 0 Å². The molecule has 102 valence electrons. The Bertz CT molecular complexity index is 689. The maximum atomic E-state index is 13.5. The first-order valence-electron chi connectivity index (χ1n) is 5.55. The predicted octanol–water partition coefficient (Wildman–Crippen LogP) is 4.11. The number of carbonyl (C=O) groups excluding carboxylic acids is 2. The summed E-state index contributed by atoms with van der Waals surface area (Å²) in [4.78, 5) is 23.1. The van der Waals surface area contributed by atoms with E-state index in [1.807, 2.05) is 0 Å². The maximum absolute atomic E-state index is 13.5. The van der Waals surface area contributed by atoms with E-state index < -0.39 is 17.0 Å². The van der Waals surface area contributed by atoms with Crippen molar-refractivity contribution in [1.82, 2.24) is 0 Å². The average molecular weight is 312 g/mol. The van der Waals surface area contributed by atoms with E-state index in [1.165, 1.54) is 42.5 Å². The lowest BCUT2D eigenvalue weighted by Gasteiger charge is -2.09. The molecule has 0 aliphatic heterocycles. The summed E-state index contributed by atoms with van der Waals surface area (Å²) in [6, 6.07) is 9.97. The summed E-state index contributed by atoms with van der Waals surface area (Å²) in [5, 5.41) is 1.71. The van der Waals surface area contributed by atoms with Crippen LogP contribution in [-0.4, -0.2) is 11.1 Å². The zero-order chi connectivity index (χ0) is 14.7. The Morgan fingerprint density at radius 1 is 1.00 bits per heavy atom. The highest BCUT2D eigenvalue weighted by atomic mass is 35.5. The monoisotopic (exact) mass is 311 g/mol. The number of halogens is 3. The van der Waals surface area contributed by atoms with Gasteiger partial charge in [-0.2, -0.15) is 0 Å². The Morgan fingerprint density at radius 3 is 2.30 bits per heavy atom. The standard InChI is InChI=1S/C14H8Cl2FNO2/c15-12-9(13(16)19)5-3-7-11(12)18-14(20)8-4-1-2-6-10(8)17/h1-7H,(H,18,20). The van der Waals surface area contributed by atoms with E-state index in [9.17, 15) is 14.0 Å². The summed E-state index contributed by atoms with van der Waals surface area (Å²) >= 11 is 11.3. The van der Waals surface area contributed by atoms with Gasteiger partial charge in [-0.15, -0.1) is 0 Å². The largest absolute Gasteiger partial charge is 0.321 e. The van der Waals surface area contributed by atoms with Crippen LogP contribution < -0.4 is 5.32 Å². The van der Waals surface area contributed by atoms with Crippen molar-refractivity contribution in [2.45, 2.75) is 0 Å². The molecule has 0 saturated carbocycles. The van der Waals surface area contributed by atoms with Crippen LogP contribution in [0.4, 0.5) is 10.1 Å². The van der Waals surface area contributed by atoms with Gasteiger partial charge in [-0.05, 0) is 35.9 Å². The third kappa shape index (κ3) is 2.98. The van der Waals surface area contributed by atoms with E-state index in [-0.39, 0.29) is 21.8 Å². The third-order valence-electron chi connectivity index (χ3n) is 2.58. The van der Waals surface area contributed by atoms with Crippen LogP contribution in [0.3, 0.4) is 0 Å². The van der Waals surface area contributed by atoms with Crippen molar-refractivity contribution < 1.29 is 14.0 Å². The highest BCUT2D eigenvalue weighted by molar-refractivity contribution is 6.69. The zero-order valence-electron chi connectivity index (χ0n) is 9.99. The van der Waals surface area contributed by atoms with Crippen LogP contribution >= 0.6 is 23.2 Å². The molecule has 2 rings (SSSR count). The molecule has 1 N–H and O–H groups in total.